The first-order valence-electron chi connectivity index (χ1n) is 7.12. The molecule has 0 aliphatic rings. The monoisotopic (exact) mass is 383 g/mol. The number of rotatable bonds is 7. The Labute approximate surface area is 142 Å². The summed E-state index contributed by atoms with van der Waals surface area (Å²) in [5.41, 5.74) is 0.732. The smallest absolute Gasteiger partial charge is 0.227 e. The van der Waals surface area contributed by atoms with E-state index in [9.17, 15) is 4.79 Å². The molecular formula is C15H18BrN3O4. The van der Waals surface area contributed by atoms with Crippen LogP contribution in [0.15, 0.2) is 21.1 Å². The number of nitrogens with one attached hydrogen (secondary N) is 1. The van der Waals surface area contributed by atoms with Crippen LogP contribution in [0.2, 0.25) is 0 Å². The van der Waals surface area contributed by atoms with Crippen molar-refractivity contribution in [2.75, 3.05) is 20.8 Å². The van der Waals surface area contributed by atoms with Crippen LogP contribution in [0.3, 0.4) is 0 Å². The van der Waals surface area contributed by atoms with Crippen molar-refractivity contribution in [3.8, 4) is 22.9 Å². The Balaban J connectivity index is 2.24. The maximum atomic E-state index is 11.3. The minimum Gasteiger partial charge on any atom is -0.492 e. The summed E-state index contributed by atoms with van der Waals surface area (Å²) in [7, 11) is 3.17. The van der Waals surface area contributed by atoms with E-state index >= 15 is 0 Å². The summed E-state index contributed by atoms with van der Waals surface area (Å²) in [6.07, 6.45) is 0.691. The second-order valence-electron chi connectivity index (χ2n) is 4.61. The van der Waals surface area contributed by atoms with Crippen molar-refractivity contribution in [1.82, 2.24) is 15.5 Å². The van der Waals surface area contributed by atoms with Crippen LogP contribution < -0.4 is 14.8 Å². The van der Waals surface area contributed by atoms with Gasteiger partial charge in [0.2, 0.25) is 17.6 Å². The topological polar surface area (TPSA) is 86.5 Å². The highest BCUT2D eigenvalue weighted by Crippen LogP contribution is 2.39. The van der Waals surface area contributed by atoms with E-state index < -0.39 is 0 Å². The number of aromatic nitrogens is 2. The van der Waals surface area contributed by atoms with Gasteiger partial charge in [0.25, 0.3) is 0 Å². The van der Waals surface area contributed by atoms with Crippen LogP contribution >= 0.6 is 15.9 Å². The molecule has 1 aromatic carbocycles. The van der Waals surface area contributed by atoms with Crippen LogP contribution in [0.25, 0.3) is 11.4 Å². The molecule has 1 amide bonds. The summed E-state index contributed by atoms with van der Waals surface area (Å²) < 4.78 is 16.8. The lowest BCUT2D eigenvalue weighted by molar-refractivity contribution is -0.120. The molecule has 1 aromatic heterocycles. The number of hydrogen-bond donors (Lipinski definition) is 1. The summed E-state index contributed by atoms with van der Waals surface area (Å²) in [6.45, 7) is 2.40. The molecule has 1 N–H and O–H groups in total. The molecule has 7 nitrogen and oxygen atoms in total. The number of halogens is 1. The van der Waals surface area contributed by atoms with Gasteiger partial charge in [0.15, 0.2) is 11.5 Å². The van der Waals surface area contributed by atoms with Crippen LogP contribution in [0.1, 0.15) is 19.2 Å². The third-order valence-corrected chi connectivity index (χ3v) is 3.67. The van der Waals surface area contributed by atoms with E-state index in [4.69, 9.17) is 14.0 Å². The highest BCUT2D eigenvalue weighted by Gasteiger charge is 2.16. The van der Waals surface area contributed by atoms with Gasteiger partial charge in [-0.2, -0.15) is 4.98 Å². The van der Waals surface area contributed by atoms with Crippen LogP contribution in [-0.2, 0) is 11.2 Å². The van der Waals surface area contributed by atoms with Crippen molar-refractivity contribution in [3.05, 3.63) is 22.5 Å². The maximum Gasteiger partial charge on any atom is 0.227 e. The first-order valence-corrected chi connectivity index (χ1v) is 7.92. The van der Waals surface area contributed by atoms with Gasteiger partial charge < -0.3 is 19.3 Å². The van der Waals surface area contributed by atoms with Gasteiger partial charge in [0.05, 0.1) is 18.2 Å². The molecule has 23 heavy (non-hydrogen) atoms. The molecule has 0 bridgehead atoms. The molecular weight excluding hydrogens is 366 g/mol. The second kappa shape index (κ2) is 7.96. The van der Waals surface area contributed by atoms with Gasteiger partial charge in [0, 0.05) is 25.5 Å². The Bertz CT molecular complexity index is 687. The quantitative estimate of drug-likeness (QED) is 0.790. The fourth-order valence-corrected chi connectivity index (χ4v) is 2.58. The highest BCUT2D eigenvalue weighted by molar-refractivity contribution is 9.10. The average Bonchev–Trinajstić information content (AvgIpc) is 3.01. The molecule has 0 atom stereocenters. The molecule has 0 saturated carbocycles. The molecule has 2 aromatic rings. The average molecular weight is 384 g/mol. The first-order chi connectivity index (χ1) is 11.1. The van der Waals surface area contributed by atoms with Gasteiger partial charge in [-0.25, -0.2) is 0 Å². The van der Waals surface area contributed by atoms with E-state index in [-0.39, 0.29) is 5.91 Å². The van der Waals surface area contributed by atoms with Crippen molar-refractivity contribution in [2.24, 2.45) is 0 Å². The molecule has 0 spiro atoms. The standard InChI is InChI=1S/C15H18BrN3O4/c1-4-22-11-8-9(7-10(16)14(11)21-3)15-18-13(23-19-15)6-5-12(20)17-2/h7-8H,4-6H2,1-3H3,(H,17,20). The molecule has 8 heteroatoms. The van der Waals surface area contributed by atoms with Crippen molar-refractivity contribution in [2.45, 2.75) is 19.8 Å². The first kappa shape index (κ1) is 17.3. The van der Waals surface area contributed by atoms with Gasteiger partial charge in [0.1, 0.15) is 0 Å². The molecule has 0 saturated heterocycles. The van der Waals surface area contributed by atoms with Gasteiger partial charge >= 0.3 is 0 Å². The number of amides is 1. The number of methoxy groups -OCH3 is 1. The Kier molecular flexibility index (Phi) is 5.97. The Morgan fingerprint density at radius 1 is 1.43 bits per heavy atom. The van der Waals surface area contributed by atoms with Gasteiger partial charge in [-0.3, -0.25) is 4.79 Å². The lowest BCUT2D eigenvalue weighted by Gasteiger charge is -2.11. The molecule has 0 aliphatic heterocycles. The Morgan fingerprint density at radius 3 is 2.87 bits per heavy atom. The fraction of sp³-hybridized carbons (Fsp3) is 0.400. The second-order valence-corrected chi connectivity index (χ2v) is 5.46. The van der Waals surface area contributed by atoms with E-state index in [0.29, 0.717) is 42.7 Å². The number of carbonyl (C=O) groups is 1. The van der Waals surface area contributed by atoms with Gasteiger partial charge in [-0.05, 0) is 35.0 Å². The number of ether oxygens (including phenoxy) is 2. The van der Waals surface area contributed by atoms with Crippen molar-refractivity contribution >= 4 is 21.8 Å². The molecule has 1 heterocycles. The fourth-order valence-electron chi connectivity index (χ4n) is 1.98. The van der Waals surface area contributed by atoms with E-state index in [2.05, 4.69) is 31.4 Å². The minimum atomic E-state index is -0.0735. The Hall–Kier alpha value is -2.09. The summed E-state index contributed by atoms with van der Waals surface area (Å²) in [4.78, 5) is 15.6. The van der Waals surface area contributed by atoms with E-state index in [0.717, 1.165) is 10.0 Å². The normalized spacial score (nSPS) is 10.4. The van der Waals surface area contributed by atoms with Crippen LogP contribution in [0.4, 0.5) is 0 Å². The summed E-state index contributed by atoms with van der Waals surface area (Å²) >= 11 is 3.45. The molecule has 2 rings (SSSR count). The zero-order valence-corrected chi connectivity index (χ0v) is 14.8. The van der Waals surface area contributed by atoms with E-state index in [1.165, 1.54) is 0 Å². The Morgan fingerprint density at radius 2 is 2.22 bits per heavy atom. The predicted octanol–water partition coefficient (Wildman–Crippen LogP) is 2.59. The number of aryl methyl sites for hydroxylation is 1. The third kappa shape index (κ3) is 4.22. The van der Waals surface area contributed by atoms with Crippen LogP contribution in [0.5, 0.6) is 11.5 Å². The van der Waals surface area contributed by atoms with Crippen molar-refractivity contribution < 1.29 is 18.8 Å². The summed E-state index contributed by atoms with van der Waals surface area (Å²) in [6, 6.07) is 3.62. The summed E-state index contributed by atoms with van der Waals surface area (Å²) in [5.74, 6) is 1.97. The predicted molar refractivity (Wildman–Crippen MR) is 87.5 cm³/mol. The van der Waals surface area contributed by atoms with Crippen LogP contribution in [-0.4, -0.2) is 36.8 Å². The van der Waals surface area contributed by atoms with E-state index in [1.54, 1.807) is 20.2 Å². The summed E-state index contributed by atoms with van der Waals surface area (Å²) in [5, 5.41) is 6.50. The van der Waals surface area contributed by atoms with Crippen LogP contribution in [0, 0.1) is 0 Å². The molecule has 0 unspecified atom stereocenters. The third-order valence-electron chi connectivity index (χ3n) is 3.08. The number of benzene rings is 1. The number of carbonyl (C=O) groups excluding carboxylic acids is 1. The maximum absolute atomic E-state index is 11.3. The lowest BCUT2D eigenvalue weighted by atomic mass is 10.2. The molecule has 0 radical (unpaired) electrons. The highest BCUT2D eigenvalue weighted by atomic mass is 79.9. The SMILES string of the molecule is CCOc1cc(-c2noc(CCC(=O)NC)n2)cc(Br)c1OC. The lowest BCUT2D eigenvalue weighted by Crippen LogP contribution is -2.17. The van der Waals surface area contributed by atoms with E-state index in [1.807, 2.05) is 13.0 Å². The van der Waals surface area contributed by atoms with Gasteiger partial charge in [-0.15, -0.1) is 0 Å². The minimum absolute atomic E-state index is 0.0735. The molecule has 0 aliphatic carbocycles. The zero-order valence-electron chi connectivity index (χ0n) is 13.2. The number of nitrogens with zero attached hydrogens (tertiary/aromatic N) is 2. The largest absolute Gasteiger partial charge is 0.492 e. The molecule has 124 valence electrons. The number of hydrogen-bond acceptors (Lipinski definition) is 6. The molecule has 0 fully saturated rings. The van der Waals surface area contributed by atoms with Gasteiger partial charge in [-0.1, -0.05) is 5.16 Å². The van der Waals surface area contributed by atoms with Crippen molar-refractivity contribution in [3.63, 3.8) is 0 Å². The van der Waals surface area contributed by atoms with Crippen molar-refractivity contribution in [1.29, 1.82) is 0 Å². The zero-order chi connectivity index (χ0) is 16.8.